The van der Waals surface area contributed by atoms with Crippen LogP contribution in [0.25, 0.3) is 0 Å². The van der Waals surface area contributed by atoms with Gasteiger partial charge in [0.15, 0.2) is 0 Å². The largest absolute Gasteiger partial charge is 0.322 e. The van der Waals surface area contributed by atoms with Gasteiger partial charge in [0.1, 0.15) is 5.02 Å². The Morgan fingerprint density at radius 1 is 1.30 bits per heavy atom. The van der Waals surface area contributed by atoms with E-state index in [1.165, 1.54) is 18.2 Å². The molecule has 6 heteroatoms. The normalized spacial score (nSPS) is 11.8. The Hall–Kier alpha value is -2.40. The van der Waals surface area contributed by atoms with Gasteiger partial charge in [0, 0.05) is 17.3 Å². The Morgan fingerprint density at radius 2 is 2.00 bits per heavy atom. The molecule has 23 heavy (non-hydrogen) atoms. The molecular weight excluding hydrogens is 316 g/mol. The number of halogens is 1. The van der Waals surface area contributed by atoms with E-state index in [9.17, 15) is 14.9 Å². The zero-order valence-corrected chi connectivity index (χ0v) is 13.6. The molecule has 0 heterocycles. The van der Waals surface area contributed by atoms with Crippen LogP contribution >= 0.6 is 11.6 Å². The molecule has 1 amide bonds. The number of rotatable bonds is 5. The Bertz CT molecular complexity index is 746. The third kappa shape index (κ3) is 3.87. The lowest BCUT2D eigenvalue weighted by atomic mass is 9.97. The lowest BCUT2D eigenvalue weighted by Gasteiger charge is -2.15. The van der Waals surface area contributed by atoms with Crippen molar-refractivity contribution in [2.45, 2.75) is 26.2 Å². The summed E-state index contributed by atoms with van der Waals surface area (Å²) in [5, 5.41) is 13.8. The van der Waals surface area contributed by atoms with Crippen molar-refractivity contribution < 1.29 is 9.72 Å². The number of carbonyl (C=O) groups excluding carboxylic acids is 1. The molecule has 0 aromatic heterocycles. The van der Waals surface area contributed by atoms with Gasteiger partial charge in [-0.15, -0.1) is 0 Å². The van der Waals surface area contributed by atoms with E-state index in [0.717, 1.165) is 12.0 Å². The molecule has 0 spiro atoms. The van der Waals surface area contributed by atoms with Crippen molar-refractivity contribution in [3.05, 3.63) is 68.7 Å². The summed E-state index contributed by atoms with van der Waals surface area (Å²) in [6.07, 6.45) is 0.944. The Balaban J connectivity index is 2.30. The Labute approximate surface area is 139 Å². The van der Waals surface area contributed by atoms with Crippen LogP contribution in [-0.2, 0) is 0 Å². The average molecular weight is 333 g/mol. The smallest absolute Gasteiger partial charge is 0.288 e. The average Bonchev–Trinajstić information content (AvgIpc) is 2.54. The van der Waals surface area contributed by atoms with Gasteiger partial charge in [-0.25, -0.2) is 0 Å². The summed E-state index contributed by atoms with van der Waals surface area (Å²) in [4.78, 5) is 22.7. The number of benzene rings is 2. The number of hydrogen-bond acceptors (Lipinski definition) is 3. The summed E-state index contributed by atoms with van der Waals surface area (Å²) < 4.78 is 0. The van der Waals surface area contributed by atoms with Gasteiger partial charge in [0.05, 0.1) is 4.92 Å². The maximum absolute atomic E-state index is 12.4. The predicted molar refractivity (Wildman–Crippen MR) is 91.2 cm³/mol. The molecule has 120 valence electrons. The molecule has 0 aliphatic heterocycles. The van der Waals surface area contributed by atoms with E-state index in [1.807, 2.05) is 24.3 Å². The quantitative estimate of drug-likeness (QED) is 0.617. The van der Waals surface area contributed by atoms with Crippen molar-refractivity contribution in [1.82, 2.24) is 0 Å². The van der Waals surface area contributed by atoms with Crippen LogP contribution < -0.4 is 5.32 Å². The maximum atomic E-state index is 12.4. The van der Waals surface area contributed by atoms with Crippen LogP contribution in [0.4, 0.5) is 11.4 Å². The van der Waals surface area contributed by atoms with Crippen LogP contribution in [0.2, 0.25) is 5.02 Å². The Morgan fingerprint density at radius 3 is 2.65 bits per heavy atom. The van der Waals surface area contributed by atoms with E-state index >= 15 is 0 Å². The highest BCUT2D eigenvalue weighted by Crippen LogP contribution is 2.28. The van der Waals surface area contributed by atoms with Crippen molar-refractivity contribution in [3.8, 4) is 0 Å². The van der Waals surface area contributed by atoms with Gasteiger partial charge in [-0.3, -0.25) is 14.9 Å². The molecule has 2 aromatic rings. The van der Waals surface area contributed by atoms with Crippen LogP contribution in [0.5, 0.6) is 0 Å². The fourth-order valence-corrected chi connectivity index (χ4v) is 2.44. The number of nitro benzene ring substituents is 1. The molecule has 0 radical (unpaired) electrons. The molecule has 2 aromatic carbocycles. The minimum atomic E-state index is -0.605. The summed E-state index contributed by atoms with van der Waals surface area (Å²) in [6, 6.07) is 11.6. The van der Waals surface area contributed by atoms with Crippen LogP contribution in [0.15, 0.2) is 42.5 Å². The summed E-state index contributed by atoms with van der Waals surface area (Å²) in [7, 11) is 0. The van der Waals surface area contributed by atoms with Crippen LogP contribution in [0.1, 0.15) is 42.1 Å². The predicted octanol–water partition coefficient (Wildman–Crippen LogP) is 5.01. The standard InChI is InChI=1S/C17H17ClN2O3/c1-3-11(2)13-6-4-5-7-15(13)19-17(21)12-8-9-14(18)16(10-12)20(22)23/h4-11H,3H2,1-2H3,(H,19,21)/t11-/m1/s1. The molecule has 0 aliphatic rings. The summed E-state index contributed by atoms with van der Waals surface area (Å²) in [6.45, 7) is 4.16. The zero-order valence-electron chi connectivity index (χ0n) is 12.9. The summed E-state index contributed by atoms with van der Waals surface area (Å²) in [5.41, 5.74) is 1.66. The maximum Gasteiger partial charge on any atom is 0.288 e. The van der Waals surface area contributed by atoms with Gasteiger partial charge < -0.3 is 5.32 Å². The van der Waals surface area contributed by atoms with Crippen LogP contribution in [0, 0.1) is 10.1 Å². The van der Waals surface area contributed by atoms with Gasteiger partial charge in [0.25, 0.3) is 11.6 Å². The first-order valence-corrected chi connectivity index (χ1v) is 7.66. The summed E-state index contributed by atoms with van der Waals surface area (Å²) in [5.74, 6) is -0.105. The van der Waals surface area contributed by atoms with E-state index in [-0.39, 0.29) is 16.3 Å². The number of nitrogens with one attached hydrogen (secondary N) is 1. The molecule has 0 saturated carbocycles. The molecule has 0 aliphatic carbocycles. The zero-order chi connectivity index (χ0) is 17.0. The first kappa shape index (κ1) is 17.0. The Kier molecular flexibility index (Phi) is 5.34. The first-order valence-electron chi connectivity index (χ1n) is 7.28. The highest BCUT2D eigenvalue weighted by Gasteiger charge is 2.17. The van der Waals surface area contributed by atoms with Gasteiger partial charge >= 0.3 is 0 Å². The van der Waals surface area contributed by atoms with Crippen molar-refractivity contribution in [3.63, 3.8) is 0 Å². The molecule has 0 saturated heterocycles. The second-order valence-electron chi connectivity index (χ2n) is 5.27. The number of amides is 1. The van der Waals surface area contributed by atoms with E-state index < -0.39 is 10.8 Å². The SMILES string of the molecule is CC[C@@H](C)c1ccccc1NC(=O)c1ccc(Cl)c([N+](=O)[O-])c1. The van der Waals surface area contributed by atoms with E-state index in [2.05, 4.69) is 19.2 Å². The monoisotopic (exact) mass is 332 g/mol. The van der Waals surface area contributed by atoms with E-state index in [4.69, 9.17) is 11.6 Å². The van der Waals surface area contributed by atoms with Crippen molar-refractivity contribution in [1.29, 1.82) is 0 Å². The number of anilines is 1. The topological polar surface area (TPSA) is 72.2 Å². The second kappa shape index (κ2) is 7.24. The molecule has 0 fully saturated rings. The molecule has 0 unspecified atom stereocenters. The number of nitro groups is 1. The van der Waals surface area contributed by atoms with E-state index in [0.29, 0.717) is 11.6 Å². The van der Waals surface area contributed by atoms with Crippen LogP contribution in [0.3, 0.4) is 0 Å². The molecule has 5 nitrogen and oxygen atoms in total. The lowest BCUT2D eigenvalue weighted by Crippen LogP contribution is -2.14. The van der Waals surface area contributed by atoms with Gasteiger partial charge in [-0.2, -0.15) is 0 Å². The van der Waals surface area contributed by atoms with Crippen molar-refractivity contribution in [2.75, 3.05) is 5.32 Å². The third-order valence-corrected chi connectivity index (χ3v) is 4.08. The number of hydrogen-bond donors (Lipinski definition) is 1. The fraction of sp³-hybridized carbons (Fsp3) is 0.235. The molecule has 0 bridgehead atoms. The van der Waals surface area contributed by atoms with E-state index in [1.54, 1.807) is 0 Å². The highest BCUT2D eigenvalue weighted by atomic mass is 35.5. The fourth-order valence-electron chi connectivity index (χ4n) is 2.25. The lowest BCUT2D eigenvalue weighted by molar-refractivity contribution is -0.384. The number of carbonyl (C=O) groups is 1. The third-order valence-electron chi connectivity index (χ3n) is 3.76. The number of nitrogens with zero attached hydrogens (tertiary/aromatic N) is 1. The van der Waals surface area contributed by atoms with Gasteiger partial charge in [0.2, 0.25) is 0 Å². The van der Waals surface area contributed by atoms with Crippen LogP contribution in [-0.4, -0.2) is 10.8 Å². The van der Waals surface area contributed by atoms with Crippen molar-refractivity contribution >= 4 is 28.9 Å². The molecule has 1 N–H and O–H groups in total. The number of para-hydroxylation sites is 1. The molecule has 2 rings (SSSR count). The molecular formula is C17H17ClN2O3. The molecule has 1 atom stereocenters. The first-order chi connectivity index (χ1) is 10.9. The summed E-state index contributed by atoms with van der Waals surface area (Å²) >= 11 is 5.77. The van der Waals surface area contributed by atoms with Gasteiger partial charge in [-0.1, -0.05) is 43.6 Å². The minimum absolute atomic E-state index is 0.00607. The highest BCUT2D eigenvalue weighted by molar-refractivity contribution is 6.32. The van der Waals surface area contributed by atoms with Crippen molar-refractivity contribution in [2.24, 2.45) is 0 Å². The second-order valence-corrected chi connectivity index (χ2v) is 5.68. The minimum Gasteiger partial charge on any atom is -0.322 e. The van der Waals surface area contributed by atoms with Gasteiger partial charge in [-0.05, 0) is 36.1 Å².